The molecule has 136 valence electrons. The summed E-state index contributed by atoms with van der Waals surface area (Å²) >= 11 is 0. The van der Waals surface area contributed by atoms with Gasteiger partial charge in [-0.3, -0.25) is 14.4 Å². The van der Waals surface area contributed by atoms with Crippen LogP contribution < -0.4 is 0 Å². The van der Waals surface area contributed by atoms with Gasteiger partial charge >= 0.3 is 5.97 Å². The molecule has 25 heavy (non-hydrogen) atoms. The standard InChI is InChI=1S/C19H24O6/c1-3-13(23-4-2)24-8-25-19(22)12-7-11-14-9-5-6-10(17(9)20)15(14)16(12)18(11)21/h5-6,9-16H,3-4,7-8H2,1-2H3. The lowest BCUT2D eigenvalue weighted by Gasteiger charge is -2.33. The Morgan fingerprint density at radius 1 is 1.12 bits per heavy atom. The third kappa shape index (κ3) is 2.41. The summed E-state index contributed by atoms with van der Waals surface area (Å²) in [5, 5.41) is 0. The van der Waals surface area contributed by atoms with Crippen molar-refractivity contribution < 1.29 is 28.6 Å². The number of ether oxygens (including phenoxy) is 3. The molecule has 0 spiro atoms. The molecule has 6 nitrogen and oxygen atoms in total. The highest BCUT2D eigenvalue weighted by molar-refractivity contribution is 6.01. The fourth-order valence-corrected chi connectivity index (χ4v) is 5.52. The van der Waals surface area contributed by atoms with E-state index in [4.69, 9.17) is 14.2 Å². The molecule has 0 radical (unpaired) electrons. The fourth-order valence-electron chi connectivity index (χ4n) is 5.52. The van der Waals surface area contributed by atoms with Gasteiger partial charge in [0.15, 0.2) is 13.1 Å². The van der Waals surface area contributed by atoms with Crippen LogP contribution in [-0.4, -0.2) is 37.2 Å². The quantitative estimate of drug-likeness (QED) is 0.302. The number of carbonyl (C=O) groups excluding carboxylic acids is 3. The Hall–Kier alpha value is -1.53. The van der Waals surface area contributed by atoms with E-state index in [1.165, 1.54) is 0 Å². The Balaban J connectivity index is 1.38. The highest BCUT2D eigenvalue weighted by Gasteiger charge is 2.69. The van der Waals surface area contributed by atoms with Gasteiger partial charge < -0.3 is 14.2 Å². The second kappa shape index (κ2) is 6.32. The molecular weight excluding hydrogens is 324 g/mol. The van der Waals surface area contributed by atoms with E-state index >= 15 is 0 Å². The summed E-state index contributed by atoms with van der Waals surface area (Å²) < 4.78 is 16.0. The van der Waals surface area contributed by atoms with Crippen LogP contribution in [0.2, 0.25) is 0 Å². The number of allylic oxidation sites excluding steroid dienone is 2. The molecule has 3 fully saturated rings. The Bertz CT molecular complexity index is 625. The normalized spacial score (nSPS) is 41.4. The number of hydrogen-bond donors (Lipinski definition) is 0. The number of carbonyl (C=O) groups is 3. The zero-order chi connectivity index (χ0) is 17.7. The lowest BCUT2D eigenvalue weighted by Crippen LogP contribution is -2.36. The van der Waals surface area contributed by atoms with Gasteiger partial charge in [-0.05, 0) is 31.6 Å². The Labute approximate surface area is 146 Å². The van der Waals surface area contributed by atoms with Crippen LogP contribution in [0.15, 0.2) is 12.2 Å². The number of esters is 1. The smallest absolute Gasteiger partial charge is 0.311 e. The largest absolute Gasteiger partial charge is 0.438 e. The maximum Gasteiger partial charge on any atom is 0.311 e. The van der Waals surface area contributed by atoms with Crippen molar-refractivity contribution in [3.8, 4) is 0 Å². The van der Waals surface area contributed by atoms with Crippen LogP contribution in [0.3, 0.4) is 0 Å². The molecule has 0 heterocycles. The molecule has 0 aromatic rings. The highest BCUT2D eigenvalue weighted by Crippen LogP contribution is 2.64. The van der Waals surface area contributed by atoms with Gasteiger partial charge in [0.1, 0.15) is 11.6 Å². The van der Waals surface area contributed by atoms with Crippen molar-refractivity contribution in [3.05, 3.63) is 12.2 Å². The van der Waals surface area contributed by atoms with Gasteiger partial charge in [-0.15, -0.1) is 0 Å². The highest BCUT2D eigenvalue weighted by atomic mass is 16.8. The van der Waals surface area contributed by atoms with Crippen LogP contribution in [0.25, 0.3) is 0 Å². The zero-order valence-corrected chi connectivity index (χ0v) is 14.6. The SMILES string of the molecule is CCOC(CC)OCOC(=O)C1CC2C(=O)C1C1C3C=CC(C3=O)C21. The van der Waals surface area contributed by atoms with Crippen molar-refractivity contribution in [2.24, 2.45) is 41.4 Å². The van der Waals surface area contributed by atoms with Crippen LogP contribution in [0.4, 0.5) is 0 Å². The van der Waals surface area contributed by atoms with E-state index in [0.717, 1.165) is 0 Å². The number of fused-ring (bicyclic) bond motifs is 9. The first-order valence-electron chi connectivity index (χ1n) is 9.24. The first kappa shape index (κ1) is 16.9. The van der Waals surface area contributed by atoms with Crippen LogP contribution in [0.1, 0.15) is 26.7 Å². The Morgan fingerprint density at radius 3 is 2.52 bits per heavy atom. The van der Waals surface area contributed by atoms with E-state index in [-0.39, 0.29) is 59.8 Å². The molecule has 4 aliphatic carbocycles. The molecule has 4 aliphatic rings. The minimum absolute atomic E-state index is 0.000895. The van der Waals surface area contributed by atoms with Gasteiger partial charge in [-0.25, -0.2) is 0 Å². The average molecular weight is 348 g/mol. The molecule has 0 aromatic carbocycles. The third-order valence-electron chi connectivity index (χ3n) is 6.42. The lowest BCUT2D eigenvalue weighted by molar-refractivity contribution is -0.203. The topological polar surface area (TPSA) is 78.9 Å². The van der Waals surface area contributed by atoms with Gasteiger partial charge in [-0.1, -0.05) is 19.1 Å². The molecule has 6 heteroatoms. The molecule has 4 bridgehead atoms. The van der Waals surface area contributed by atoms with Gasteiger partial charge in [0.05, 0.1) is 5.92 Å². The number of ketones is 2. The molecule has 8 unspecified atom stereocenters. The molecule has 0 N–H and O–H groups in total. The van der Waals surface area contributed by atoms with Crippen LogP contribution in [0, 0.1) is 41.4 Å². The van der Waals surface area contributed by atoms with Crippen molar-refractivity contribution in [1.29, 1.82) is 0 Å². The summed E-state index contributed by atoms with van der Waals surface area (Å²) in [4.78, 5) is 37.4. The van der Waals surface area contributed by atoms with Crippen molar-refractivity contribution in [1.82, 2.24) is 0 Å². The maximum atomic E-state index is 12.6. The average Bonchev–Trinajstić information content (AvgIpc) is 3.30. The predicted octanol–water partition coefficient (Wildman–Crippen LogP) is 1.73. The number of rotatable bonds is 7. The van der Waals surface area contributed by atoms with Crippen molar-refractivity contribution in [2.75, 3.05) is 13.4 Å². The molecule has 3 saturated carbocycles. The van der Waals surface area contributed by atoms with E-state index in [2.05, 4.69) is 0 Å². The maximum absolute atomic E-state index is 12.6. The molecule has 0 aliphatic heterocycles. The van der Waals surface area contributed by atoms with Gasteiger partial charge in [0, 0.05) is 30.3 Å². The second-order valence-corrected chi connectivity index (χ2v) is 7.41. The van der Waals surface area contributed by atoms with Gasteiger partial charge in [0.25, 0.3) is 0 Å². The Morgan fingerprint density at radius 2 is 1.84 bits per heavy atom. The van der Waals surface area contributed by atoms with E-state index in [1.807, 2.05) is 26.0 Å². The zero-order valence-electron chi connectivity index (χ0n) is 14.6. The predicted molar refractivity (Wildman–Crippen MR) is 86.0 cm³/mol. The van der Waals surface area contributed by atoms with E-state index in [9.17, 15) is 14.4 Å². The van der Waals surface area contributed by atoms with Crippen molar-refractivity contribution in [3.63, 3.8) is 0 Å². The Kier molecular flexibility index (Phi) is 4.28. The molecule has 0 aromatic heterocycles. The number of Topliss-reactive ketones (excluding diaryl/α,β-unsaturated/α-hetero) is 2. The van der Waals surface area contributed by atoms with Gasteiger partial charge in [-0.2, -0.15) is 0 Å². The summed E-state index contributed by atoms with van der Waals surface area (Å²) in [5.74, 6) is -1.12. The minimum Gasteiger partial charge on any atom is -0.438 e. The summed E-state index contributed by atoms with van der Waals surface area (Å²) in [7, 11) is 0. The number of hydrogen-bond acceptors (Lipinski definition) is 6. The first-order valence-corrected chi connectivity index (χ1v) is 9.24. The molecule has 4 rings (SSSR count). The van der Waals surface area contributed by atoms with Gasteiger partial charge in [0.2, 0.25) is 0 Å². The van der Waals surface area contributed by atoms with Crippen LogP contribution in [-0.2, 0) is 28.6 Å². The first-order chi connectivity index (χ1) is 12.1. The summed E-state index contributed by atoms with van der Waals surface area (Å²) in [6, 6.07) is 0. The third-order valence-corrected chi connectivity index (χ3v) is 6.42. The van der Waals surface area contributed by atoms with E-state index in [0.29, 0.717) is 19.4 Å². The van der Waals surface area contributed by atoms with Crippen molar-refractivity contribution >= 4 is 17.5 Å². The lowest BCUT2D eigenvalue weighted by atomic mass is 9.69. The minimum atomic E-state index is -0.435. The van der Waals surface area contributed by atoms with Crippen LogP contribution in [0.5, 0.6) is 0 Å². The van der Waals surface area contributed by atoms with Crippen LogP contribution >= 0.6 is 0 Å². The monoisotopic (exact) mass is 348 g/mol. The molecule has 8 atom stereocenters. The second-order valence-electron chi connectivity index (χ2n) is 7.41. The van der Waals surface area contributed by atoms with E-state index < -0.39 is 12.2 Å². The molecule has 0 amide bonds. The molecule has 0 saturated heterocycles. The summed E-state index contributed by atoms with van der Waals surface area (Å²) in [5.41, 5.74) is 0. The summed E-state index contributed by atoms with van der Waals surface area (Å²) in [6.45, 7) is 4.16. The fraction of sp³-hybridized carbons (Fsp3) is 0.737. The van der Waals surface area contributed by atoms with E-state index in [1.54, 1.807) is 0 Å². The summed E-state index contributed by atoms with van der Waals surface area (Å²) in [6.07, 6.45) is 4.68. The van der Waals surface area contributed by atoms with Crippen molar-refractivity contribution in [2.45, 2.75) is 33.0 Å². The molecular formula is C19H24O6.